The van der Waals surface area contributed by atoms with Crippen molar-refractivity contribution in [1.29, 1.82) is 0 Å². The molecule has 7 heteroatoms. The molecule has 0 bridgehead atoms. The molecular formula is C15H28N2O5. The summed E-state index contributed by atoms with van der Waals surface area (Å²) in [6.07, 6.45) is -1.19. The molecule has 128 valence electrons. The molecule has 1 saturated heterocycles. The summed E-state index contributed by atoms with van der Waals surface area (Å²) in [6, 6.07) is -0.849. The minimum Gasteiger partial charge on any atom is -0.465 e. The van der Waals surface area contributed by atoms with Crippen LogP contribution in [0.4, 0.5) is 4.79 Å². The van der Waals surface area contributed by atoms with E-state index in [1.54, 1.807) is 25.7 Å². The number of carbonyl (C=O) groups is 2. The van der Waals surface area contributed by atoms with Crippen molar-refractivity contribution in [2.75, 3.05) is 32.9 Å². The molecule has 2 amide bonds. The first-order valence-electron chi connectivity index (χ1n) is 7.65. The lowest BCUT2D eigenvalue weighted by Crippen LogP contribution is -2.60. The van der Waals surface area contributed by atoms with Crippen molar-refractivity contribution in [3.05, 3.63) is 0 Å². The van der Waals surface area contributed by atoms with Gasteiger partial charge in [0.1, 0.15) is 6.04 Å². The first kappa shape index (κ1) is 18.7. The Morgan fingerprint density at radius 1 is 1.27 bits per heavy atom. The first-order valence-corrected chi connectivity index (χ1v) is 7.65. The van der Waals surface area contributed by atoms with Crippen LogP contribution in [0.5, 0.6) is 0 Å². The minimum atomic E-state index is -1.12. The predicted molar refractivity (Wildman–Crippen MR) is 81.9 cm³/mol. The third-order valence-electron chi connectivity index (χ3n) is 3.44. The number of amides is 2. The van der Waals surface area contributed by atoms with Gasteiger partial charge in [0.25, 0.3) is 0 Å². The molecule has 22 heavy (non-hydrogen) atoms. The van der Waals surface area contributed by atoms with Crippen LogP contribution in [0.15, 0.2) is 0 Å². The Labute approximate surface area is 132 Å². The van der Waals surface area contributed by atoms with Crippen LogP contribution in [0.2, 0.25) is 0 Å². The number of morpholine rings is 1. The van der Waals surface area contributed by atoms with Crippen molar-refractivity contribution in [1.82, 2.24) is 9.80 Å². The Balaban J connectivity index is 2.98. The molecule has 0 aromatic heterocycles. The van der Waals surface area contributed by atoms with Gasteiger partial charge in [-0.05, 0) is 34.6 Å². The fourth-order valence-electron chi connectivity index (χ4n) is 2.42. The molecule has 1 rings (SSSR count). The van der Waals surface area contributed by atoms with Gasteiger partial charge in [-0.25, -0.2) is 4.79 Å². The molecule has 0 aromatic carbocycles. The third-order valence-corrected chi connectivity index (χ3v) is 3.44. The SMILES string of the molecule is CC(C)OC[C@@H](C(=O)N1CCOCC1)N(C(=O)O)C(C)(C)C. The van der Waals surface area contributed by atoms with E-state index in [4.69, 9.17) is 9.47 Å². The van der Waals surface area contributed by atoms with Crippen molar-refractivity contribution >= 4 is 12.0 Å². The number of rotatable bonds is 5. The quantitative estimate of drug-likeness (QED) is 0.830. The van der Waals surface area contributed by atoms with Gasteiger partial charge in [0.2, 0.25) is 5.91 Å². The van der Waals surface area contributed by atoms with Crippen LogP contribution >= 0.6 is 0 Å². The molecule has 0 spiro atoms. The predicted octanol–water partition coefficient (Wildman–Crippen LogP) is 1.42. The zero-order valence-electron chi connectivity index (χ0n) is 14.2. The van der Waals surface area contributed by atoms with Crippen LogP contribution < -0.4 is 0 Å². The minimum absolute atomic E-state index is 0.0530. The van der Waals surface area contributed by atoms with Gasteiger partial charge in [0.15, 0.2) is 0 Å². The molecular weight excluding hydrogens is 288 g/mol. The van der Waals surface area contributed by atoms with Crippen molar-refractivity contribution < 1.29 is 24.2 Å². The lowest BCUT2D eigenvalue weighted by molar-refractivity contribution is -0.145. The molecule has 1 N–H and O–H groups in total. The molecule has 0 unspecified atom stereocenters. The molecule has 1 heterocycles. The van der Waals surface area contributed by atoms with Gasteiger partial charge in [0, 0.05) is 18.6 Å². The van der Waals surface area contributed by atoms with E-state index in [-0.39, 0.29) is 18.6 Å². The van der Waals surface area contributed by atoms with Crippen LogP contribution in [0.25, 0.3) is 0 Å². The smallest absolute Gasteiger partial charge is 0.408 e. The summed E-state index contributed by atoms with van der Waals surface area (Å²) in [6.45, 7) is 11.0. The van der Waals surface area contributed by atoms with Gasteiger partial charge in [-0.1, -0.05) is 0 Å². The fraction of sp³-hybridized carbons (Fsp3) is 0.867. The lowest BCUT2D eigenvalue weighted by Gasteiger charge is -2.41. The molecule has 0 aromatic rings. The number of hydrogen-bond acceptors (Lipinski definition) is 4. The molecule has 0 aliphatic carbocycles. The second-order valence-corrected chi connectivity index (χ2v) is 6.66. The third kappa shape index (κ3) is 5.14. The standard InChI is InChI=1S/C15H28N2O5/c1-11(2)22-10-12(17(14(19)20)15(3,4)5)13(18)16-6-8-21-9-7-16/h11-12H,6-10H2,1-5H3,(H,19,20)/t12-/m0/s1. The Morgan fingerprint density at radius 2 is 1.82 bits per heavy atom. The Morgan fingerprint density at radius 3 is 2.23 bits per heavy atom. The highest BCUT2D eigenvalue weighted by Crippen LogP contribution is 2.20. The molecule has 0 saturated carbocycles. The van der Waals surface area contributed by atoms with Crippen LogP contribution in [0.3, 0.4) is 0 Å². The van der Waals surface area contributed by atoms with E-state index in [1.807, 2.05) is 13.8 Å². The molecule has 0 radical (unpaired) electrons. The van der Waals surface area contributed by atoms with E-state index in [2.05, 4.69) is 0 Å². The summed E-state index contributed by atoms with van der Waals surface area (Å²) in [5, 5.41) is 9.57. The zero-order valence-corrected chi connectivity index (χ0v) is 14.2. The van der Waals surface area contributed by atoms with Gasteiger partial charge in [-0.15, -0.1) is 0 Å². The number of carboxylic acid groups (broad SMARTS) is 1. The molecule has 1 atom stereocenters. The Bertz CT molecular complexity index is 386. The van der Waals surface area contributed by atoms with E-state index < -0.39 is 17.7 Å². The number of carbonyl (C=O) groups excluding carboxylic acids is 1. The van der Waals surface area contributed by atoms with E-state index in [9.17, 15) is 14.7 Å². The number of nitrogens with zero attached hydrogens (tertiary/aromatic N) is 2. The summed E-state index contributed by atoms with van der Waals surface area (Å²) >= 11 is 0. The zero-order chi connectivity index (χ0) is 16.9. The maximum atomic E-state index is 12.8. The summed E-state index contributed by atoms with van der Waals surface area (Å²) in [5.41, 5.74) is -0.696. The summed E-state index contributed by atoms with van der Waals surface area (Å²) in [4.78, 5) is 27.3. The number of hydrogen-bond donors (Lipinski definition) is 1. The van der Waals surface area contributed by atoms with Crippen LogP contribution in [0.1, 0.15) is 34.6 Å². The van der Waals surface area contributed by atoms with Gasteiger partial charge in [-0.3, -0.25) is 9.69 Å². The fourth-order valence-corrected chi connectivity index (χ4v) is 2.42. The van der Waals surface area contributed by atoms with Gasteiger partial charge >= 0.3 is 6.09 Å². The van der Waals surface area contributed by atoms with E-state index in [0.717, 1.165) is 0 Å². The lowest BCUT2D eigenvalue weighted by atomic mass is 10.0. The van der Waals surface area contributed by atoms with Crippen LogP contribution in [0, 0.1) is 0 Å². The first-order chi connectivity index (χ1) is 10.1. The highest BCUT2D eigenvalue weighted by molar-refractivity contribution is 5.86. The van der Waals surface area contributed by atoms with Crippen molar-refractivity contribution in [2.45, 2.75) is 52.3 Å². The maximum absolute atomic E-state index is 12.8. The Hall–Kier alpha value is -1.34. The summed E-state index contributed by atoms with van der Waals surface area (Å²) in [5.74, 6) is -0.221. The van der Waals surface area contributed by atoms with Crippen LogP contribution in [-0.4, -0.2) is 77.5 Å². The van der Waals surface area contributed by atoms with Crippen molar-refractivity contribution in [3.63, 3.8) is 0 Å². The topological polar surface area (TPSA) is 79.3 Å². The largest absolute Gasteiger partial charge is 0.465 e. The summed E-state index contributed by atoms with van der Waals surface area (Å²) in [7, 11) is 0. The normalized spacial score (nSPS) is 17.5. The van der Waals surface area contributed by atoms with E-state index >= 15 is 0 Å². The average Bonchev–Trinajstić information content (AvgIpc) is 2.41. The van der Waals surface area contributed by atoms with Crippen molar-refractivity contribution in [3.8, 4) is 0 Å². The van der Waals surface area contributed by atoms with Gasteiger partial charge in [0.05, 0.1) is 25.9 Å². The molecule has 7 nitrogen and oxygen atoms in total. The Kier molecular flexibility index (Phi) is 6.62. The number of ether oxygens (including phenoxy) is 2. The highest BCUT2D eigenvalue weighted by Gasteiger charge is 2.40. The van der Waals surface area contributed by atoms with Crippen LogP contribution in [-0.2, 0) is 14.3 Å². The van der Waals surface area contributed by atoms with Crippen molar-refractivity contribution in [2.24, 2.45) is 0 Å². The summed E-state index contributed by atoms with van der Waals surface area (Å²) < 4.78 is 10.8. The molecule has 1 aliphatic heterocycles. The van der Waals surface area contributed by atoms with E-state index in [1.165, 1.54) is 4.90 Å². The molecule has 1 aliphatic rings. The van der Waals surface area contributed by atoms with E-state index in [0.29, 0.717) is 26.3 Å². The highest BCUT2D eigenvalue weighted by atomic mass is 16.5. The van der Waals surface area contributed by atoms with Gasteiger partial charge in [-0.2, -0.15) is 0 Å². The molecule has 1 fully saturated rings. The average molecular weight is 316 g/mol. The van der Waals surface area contributed by atoms with Gasteiger partial charge < -0.3 is 19.5 Å². The monoisotopic (exact) mass is 316 g/mol. The second-order valence-electron chi connectivity index (χ2n) is 6.66. The second kappa shape index (κ2) is 7.78. The maximum Gasteiger partial charge on any atom is 0.408 e.